The predicted octanol–water partition coefficient (Wildman–Crippen LogP) is 1.52. The Kier molecular flexibility index (Phi) is 5.81. The van der Waals surface area contributed by atoms with E-state index in [-0.39, 0.29) is 0 Å². The molecule has 0 amide bonds. The van der Waals surface area contributed by atoms with E-state index in [2.05, 4.69) is 0 Å². The van der Waals surface area contributed by atoms with Gasteiger partial charge in [-0.3, -0.25) is 0 Å². The van der Waals surface area contributed by atoms with E-state index < -0.39 is 37.3 Å². The molecule has 1 aliphatic rings. The molecule has 7 nitrogen and oxygen atoms in total. The Bertz CT molecular complexity index is 1010. The molecule has 5 atom stereocenters. The second-order valence-corrected chi connectivity index (χ2v) is 7.77. The fraction of sp³-hybridized carbons (Fsp3) is 0.391. The molecule has 0 bridgehead atoms. The summed E-state index contributed by atoms with van der Waals surface area (Å²) in [5, 5.41) is 41.5. The maximum atomic E-state index is 10.6. The average molecular weight is 413 g/mol. The van der Waals surface area contributed by atoms with Crippen LogP contribution in [0.15, 0.2) is 48.7 Å². The number of benzene rings is 2. The van der Waals surface area contributed by atoms with E-state index in [4.69, 9.17) is 9.47 Å². The minimum absolute atomic E-state index is 0.460. The molecule has 30 heavy (non-hydrogen) atoms. The van der Waals surface area contributed by atoms with E-state index in [9.17, 15) is 20.4 Å². The van der Waals surface area contributed by atoms with Crippen molar-refractivity contribution in [1.29, 1.82) is 0 Å². The molecule has 0 radical (unpaired) electrons. The summed E-state index contributed by atoms with van der Waals surface area (Å²) in [6.07, 6.45) is -3.47. The summed E-state index contributed by atoms with van der Waals surface area (Å²) in [6.45, 7) is 1.57. The summed E-state index contributed by atoms with van der Waals surface area (Å²) < 4.78 is 12.8. The van der Waals surface area contributed by atoms with Crippen molar-refractivity contribution in [2.24, 2.45) is 0 Å². The number of aliphatic hydroxyl groups excluding tert-OH is 4. The molecule has 1 aromatic heterocycles. The van der Waals surface area contributed by atoms with Crippen LogP contribution in [0.1, 0.15) is 22.9 Å². The van der Waals surface area contributed by atoms with Gasteiger partial charge in [-0.1, -0.05) is 24.3 Å². The van der Waals surface area contributed by atoms with Crippen LogP contribution in [0.4, 0.5) is 0 Å². The lowest BCUT2D eigenvalue weighted by molar-refractivity contribution is -0.250. The SMILES string of the molecule is COc1ccc(Cc2cn([C@@H]3O[C@H](CO)[C@@H](O)[C@H](O)[C@H]3O)c3cccc(C)c23)cc1. The van der Waals surface area contributed by atoms with Gasteiger partial charge in [0, 0.05) is 11.6 Å². The van der Waals surface area contributed by atoms with Crippen LogP contribution in [-0.4, -0.2) is 63.1 Å². The quantitative estimate of drug-likeness (QED) is 0.506. The zero-order valence-electron chi connectivity index (χ0n) is 17.0. The Morgan fingerprint density at radius 1 is 1.00 bits per heavy atom. The summed E-state index contributed by atoms with van der Waals surface area (Å²) in [5.74, 6) is 0.790. The molecule has 0 saturated carbocycles. The van der Waals surface area contributed by atoms with Crippen LogP contribution in [0.3, 0.4) is 0 Å². The van der Waals surface area contributed by atoms with Crippen molar-refractivity contribution < 1.29 is 29.9 Å². The highest BCUT2D eigenvalue weighted by Gasteiger charge is 2.44. The van der Waals surface area contributed by atoms with Crippen LogP contribution in [-0.2, 0) is 11.2 Å². The molecule has 0 aliphatic carbocycles. The molecule has 1 saturated heterocycles. The van der Waals surface area contributed by atoms with E-state index in [1.165, 1.54) is 0 Å². The maximum Gasteiger partial charge on any atom is 0.163 e. The Balaban J connectivity index is 1.76. The number of hydrogen-bond acceptors (Lipinski definition) is 6. The van der Waals surface area contributed by atoms with Crippen molar-refractivity contribution in [3.8, 4) is 5.75 Å². The van der Waals surface area contributed by atoms with E-state index in [0.29, 0.717) is 6.42 Å². The van der Waals surface area contributed by atoms with E-state index in [1.54, 1.807) is 11.7 Å². The Hall–Kier alpha value is -2.42. The number of aromatic nitrogens is 1. The van der Waals surface area contributed by atoms with Gasteiger partial charge in [0.25, 0.3) is 0 Å². The number of aliphatic hydroxyl groups is 4. The highest BCUT2D eigenvalue weighted by Crippen LogP contribution is 2.35. The molecule has 2 aromatic carbocycles. The molecule has 4 N–H and O–H groups in total. The van der Waals surface area contributed by atoms with Crippen molar-refractivity contribution in [2.75, 3.05) is 13.7 Å². The smallest absolute Gasteiger partial charge is 0.163 e. The maximum absolute atomic E-state index is 10.6. The third-order valence-corrected chi connectivity index (χ3v) is 5.84. The fourth-order valence-electron chi connectivity index (χ4n) is 4.21. The normalized spacial score (nSPS) is 26.8. The zero-order valence-corrected chi connectivity index (χ0v) is 17.0. The minimum Gasteiger partial charge on any atom is -0.497 e. The van der Waals surface area contributed by atoms with Crippen LogP contribution >= 0.6 is 0 Å². The molecule has 7 heteroatoms. The first-order valence-electron chi connectivity index (χ1n) is 9.97. The number of fused-ring (bicyclic) bond motifs is 1. The Labute approximate surface area is 174 Å². The summed E-state index contributed by atoms with van der Waals surface area (Å²) in [4.78, 5) is 0. The largest absolute Gasteiger partial charge is 0.497 e. The van der Waals surface area contributed by atoms with Crippen molar-refractivity contribution >= 4 is 10.9 Å². The predicted molar refractivity (Wildman–Crippen MR) is 111 cm³/mol. The summed E-state index contributed by atoms with van der Waals surface area (Å²) in [5.41, 5.74) is 4.08. The summed E-state index contributed by atoms with van der Waals surface area (Å²) in [7, 11) is 1.63. The molecule has 1 fully saturated rings. The lowest BCUT2D eigenvalue weighted by Gasteiger charge is -2.40. The summed E-state index contributed by atoms with van der Waals surface area (Å²) in [6, 6.07) is 13.7. The monoisotopic (exact) mass is 413 g/mol. The average Bonchev–Trinajstić information content (AvgIpc) is 3.12. The molecule has 0 unspecified atom stereocenters. The van der Waals surface area contributed by atoms with Gasteiger partial charge in [0.2, 0.25) is 0 Å². The number of rotatable bonds is 5. The van der Waals surface area contributed by atoms with Crippen LogP contribution in [0.2, 0.25) is 0 Å². The van der Waals surface area contributed by atoms with Gasteiger partial charge in [0.05, 0.1) is 19.2 Å². The number of ether oxygens (including phenoxy) is 2. The number of methoxy groups -OCH3 is 1. The summed E-state index contributed by atoms with van der Waals surface area (Å²) >= 11 is 0. The highest BCUT2D eigenvalue weighted by atomic mass is 16.6. The minimum atomic E-state index is -1.42. The molecule has 0 spiro atoms. The first-order chi connectivity index (χ1) is 14.4. The van der Waals surface area contributed by atoms with Crippen molar-refractivity contribution in [3.05, 3.63) is 65.4 Å². The van der Waals surface area contributed by atoms with Gasteiger partial charge in [-0.05, 0) is 48.2 Å². The third kappa shape index (κ3) is 3.59. The molecule has 3 aromatic rings. The lowest BCUT2D eigenvalue weighted by Crippen LogP contribution is -2.56. The van der Waals surface area contributed by atoms with Crippen LogP contribution < -0.4 is 4.74 Å². The first kappa shape index (κ1) is 20.8. The van der Waals surface area contributed by atoms with Crippen LogP contribution in [0.5, 0.6) is 5.75 Å². The van der Waals surface area contributed by atoms with Gasteiger partial charge < -0.3 is 34.5 Å². The molecule has 4 rings (SSSR count). The first-order valence-corrected chi connectivity index (χ1v) is 9.97. The third-order valence-electron chi connectivity index (χ3n) is 5.84. The second-order valence-electron chi connectivity index (χ2n) is 7.77. The van der Waals surface area contributed by atoms with Crippen molar-refractivity contribution in [2.45, 2.75) is 44.0 Å². The van der Waals surface area contributed by atoms with E-state index in [1.807, 2.05) is 55.6 Å². The lowest BCUT2D eigenvalue weighted by atomic mass is 9.98. The molecular weight excluding hydrogens is 386 g/mol. The topological polar surface area (TPSA) is 104 Å². The van der Waals surface area contributed by atoms with Gasteiger partial charge in [0.1, 0.15) is 30.2 Å². The van der Waals surface area contributed by atoms with Gasteiger partial charge in [0.15, 0.2) is 6.23 Å². The molecule has 160 valence electrons. The standard InChI is InChI=1S/C23H27NO6/c1-13-4-3-5-17-19(13)15(10-14-6-8-16(29-2)9-7-14)11-24(17)23-22(28)21(27)20(26)18(12-25)30-23/h3-9,11,18,20-23,25-28H,10,12H2,1-2H3/t18-,20-,21+,22-,23-/m1/s1. The van der Waals surface area contributed by atoms with E-state index >= 15 is 0 Å². The molecular formula is C23H27NO6. The van der Waals surface area contributed by atoms with Crippen LogP contribution in [0.25, 0.3) is 10.9 Å². The Morgan fingerprint density at radius 2 is 1.73 bits per heavy atom. The van der Waals surface area contributed by atoms with E-state index in [0.717, 1.165) is 33.3 Å². The molecule has 2 heterocycles. The molecule has 1 aliphatic heterocycles. The second kappa shape index (κ2) is 8.37. The van der Waals surface area contributed by atoms with Crippen molar-refractivity contribution in [3.63, 3.8) is 0 Å². The van der Waals surface area contributed by atoms with Gasteiger partial charge in [-0.15, -0.1) is 0 Å². The van der Waals surface area contributed by atoms with Crippen LogP contribution in [0, 0.1) is 6.92 Å². The Morgan fingerprint density at radius 3 is 2.40 bits per heavy atom. The highest BCUT2D eigenvalue weighted by molar-refractivity contribution is 5.87. The van der Waals surface area contributed by atoms with Gasteiger partial charge in [-0.25, -0.2) is 0 Å². The number of nitrogens with zero attached hydrogens (tertiary/aromatic N) is 1. The number of aryl methyl sites for hydroxylation is 1. The van der Waals surface area contributed by atoms with Gasteiger partial charge in [-0.2, -0.15) is 0 Å². The zero-order chi connectivity index (χ0) is 21.4. The number of hydrogen-bond donors (Lipinski definition) is 4. The van der Waals surface area contributed by atoms with Gasteiger partial charge >= 0.3 is 0 Å². The fourth-order valence-corrected chi connectivity index (χ4v) is 4.21. The van der Waals surface area contributed by atoms with Crippen molar-refractivity contribution in [1.82, 2.24) is 4.57 Å².